The van der Waals surface area contributed by atoms with Crippen molar-refractivity contribution in [3.8, 4) is 0 Å². The molecule has 21 heavy (non-hydrogen) atoms. The Morgan fingerprint density at radius 1 is 1.43 bits per heavy atom. The molecule has 1 aromatic carbocycles. The van der Waals surface area contributed by atoms with Crippen LogP contribution in [0.15, 0.2) is 22.7 Å². The summed E-state index contributed by atoms with van der Waals surface area (Å²) in [5.41, 5.74) is 2.08. The summed E-state index contributed by atoms with van der Waals surface area (Å²) in [5, 5.41) is 13.1. The van der Waals surface area contributed by atoms with E-state index in [1.54, 1.807) is 6.92 Å². The van der Waals surface area contributed by atoms with Crippen molar-refractivity contribution >= 4 is 27.5 Å². The van der Waals surface area contributed by atoms with Gasteiger partial charge in [-0.3, -0.25) is 4.79 Å². The number of aliphatic hydroxyl groups excluding tert-OH is 1. The second kappa shape index (κ2) is 5.97. The van der Waals surface area contributed by atoms with Crippen LogP contribution < -0.4 is 10.2 Å². The Bertz CT molecular complexity index is 547. The molecular weight excluding hydrogens is 332 g/mol. The predicted octanol–water partition coefficient (Wildman–Crippen LogP) is 2.61. The number of nitrogens with one attached hydrogen (secondary N) is 1. The van der Waals surface area contributed by atoms with Crippen LogP contribution in [0.3, 0.4) is 0 Å². The molecule has 0 radical (unpaired) electrons. The summed E-state index contributed by atoms with van der Waals surface area (Å²) in [6, 6.07) is 6.37. The smallest absolute Gasteiger partial charge is 0.220 e. The monoisotopic (exact) mass is 352 g/mol. The van der Waals surface area contributed by atoms with Gasteiger partial charge in [0, 0.05) is 41.3 Å². The Labute approximate surface area is 133 Å². The first-order chi connectivity index (χ1) is 10.0. The van der Waals surface area contributed by atoms with Crippen LogP contribution in [0.5, 0.6) is 0 Å². The van der Waals surface area contributed by atoms with E-state index >= 15 is 0 Å². The van der Waals surface area contributed by atoms with Crippen LogP contribution in [0, 0.1) is 5.92 Å². The van der Waals surface area contributed by atoms with Gasteiger partial charge in [0.25, 0.3) is 0 Å². The van der Waals surface area contributed by atoms with Crippen LogP contribution in [-0.2, 0) is 4.79 Å². The van der Waals surface area contributed by atoms with E-state index in [0.717, 1.165) is 41.7 Å². The zero-order chi connectivity index (χ0) is 15.0. The molecule has 2 saturated heterocycles. The first-order valence-corrected chi connectivity index (χ1v) is 8.35. The van der Waals surface area contributed by atoms with Gasteiger partial charge in [-0.15, -0.1) is 0 Å². The molecule has 2 N–H and O–H groups in total. The Hall–Kier alpha value is -1.07. The number of carbonyl (C=O) groups excluding carboxylic acids is 1. The quantitative estimate of drug-likeness (QED) is 0.860. The summed E-state index contributed by atoms with van der Waals surface area (Å²) in [5.74, 6) is 0.703. The minimum atomic E-state index is -0.475. The van der Waals surface area contributed by atoms with Crippen molar-refractivity contribution < 1.29 is 9.90 Å². The van der Waals surface area contributed by atoms with Crippen molar-refractivity contribution in [2.75, 3.05) is 18.0 Å². The number of halogens is 1. The topological polar surface area (TPSA) is 52.6 Å². The largest absolute Gasteiger partial charge is 0.389 e. The standard InChI is InChI=1S/C16H21BrN2O2/c1-10(20)13-4-3-12(17)8-15(13)19-7-6-14-11(9-19)2-5-16(21)18-14/h3-4,8,10-11,14,20H,2,5-7,9H2,1H3,(H,18,21). The molecule has 3 rings (SSSR count). The van der Waals surface area contributed by atoms with Crippen molar-refractivity contribution in [2.24, 2.45) is 5.92 Å². The van der Waals surface area contributed by atoms with Gasteiger partial charge in [-0.05, 0) is 37.8 Å². The number of nitrogens with zero attached hydrogens (tertiary/aromatic N) is 1. The first kappa shape index (κ1) is 14.9. The molecule has 4 nitrogen and oxygen atoms in total. The summed E-state index contributed by atoms with van der Waals surface area (Å²) in [7, 11) is 0. The van der Waals surface area contributed by atoms with Crippen molar-refractivity contribution in [3.05, 3.63) is 28.2 Å². The number of aliphatic hydroxyl groups is 1. The molecular formula is C16H21BrN2O2. The van der Waals surface area contributed by atoms with Crippen LogP contribution in [0.1, 0.15) is 37.9 Å². The third-order valence-corrected chi connectivity index (χ3v) is 5.10. The molecule has 0 aromatic heterocycles. The maximum atomic E-state index is 11.5. The molecule has 1 amide bonds. The van der Waals surface area contributed by atoms with Crippen molar-refractivity contribution in [2.45, 2.75) is 38.3 Å². The highest BCUT2D eigenvalue weighted by Crippen LogP contribution is 2.34. The van der Waals surface area contributed by atoms with Gasteiger partial charge in [-0.25, -0.2) is 0 Å². The fourth-order valence-electron chi connectivity index (χ4n) is 3.47. The Morgan fingerprint density at radius 2 is 2.24 bits per heavy atom. The average molecular weight is 353 g/mol. The van der Waals surface area contributed by atoms with Gasteiger partial charge in [-0.2, -0.15) is 0 Å². The minimum Gasteiger partial charge on any atom is -0.389 e. The molecule has 5 heteroatoms. The normalized spacial score (nSPS) is 27.0. The second-order valence-electron chi connectivity index (χ2n) is 6.09. The number of hydrogen-bond donors (Lipinski definition) is 2. The van der Waals surface area contributed by atoms with E-state index < -0.39 is 6.10 Å². The van der Waals surface area contributed by atoms with Crippen molar-refractivity contribution in [3.63, 3.8) is 0 Å². The van der Waals surface area contributed by atoms with Crippen LogP contribution in [0.2, 0.25) is 0 Å². The van der Waals surface area contributed by atoms with Gasteiger partial charge in [-0.1, -0.05) is 22.0 Å². The van der Waals surface area contributed by atoms with Gasteiger partial charge < -0.3 is 15.3 Å². The van der Waals surface area contributed by atoms with E-state index in [9.17, 15) is 9.90 Å². The number of piperidine rings is 2. The number of rotatable bonds is 2. The third kappa shape index (κ3) is 3.09. The van der Waals surface area contributed by atoms with Gasteiger partial charge >= 0.3 is 0 Å². The SMILES string of the molecule is CC(O)c1ccc(Br)cc1N1CCC2NC(=O)CCC2C1. The van der Waals surface area contributed by atoms with Gasteiger partial charge in [0.05, 0.1) is 6.10 Å². The molecule has 2 fully saturated rings. The number of anilines is 1. The van der Waals surface area contributed by atoms with Crippen LogP contribution in [0.4, 0.5) is 5.69 Å². The number of benzene rings is 1. The maximum Gasteiger partial charge on any atom is 0.220 e. The number of amides is 1. The fraction of sp³-hybridized carbons (Fsp3) is 0.562. The molecule has 0 bridgehead atoms. The Balaban J connectivity index is 1.82. The van der Waals surface area contributed by atoms with E-state index in [1.165, 1.54) is 0 Å². The van der Waals surface area contributed by atoms with Gasteiger partial charge in [0.1, 0.15) is 0 Å². The van der Waals surface area contributed by atoms with Crippen LogP contribution >= 0.6 is 15.9 Å². The summed E-state index contributed by atoms with van der Waals surface area (Å²) in [6.45, 7) is 3.67. The highest BCUT2D eigenvalue weighted by molar-refractivity contribution is 9.10. The Morgan fingerprint density at radius 3 is 3.00 bits per heavy atom. The lowest BCUT2D eigenvalue weighted by Crippen LogP contribution is -2.54. The molecule has 2 heterocycles. The van der Waals surface area contributed by atoms with E-state index in [1.807, 2.05) is 12.1 Å². The van der Waals surface area contributed by atoms with Gasteiger partial charge in [0.15, 0.2) is 0 Å². The molecule has 0 saturated carbocycles. The van der Waals surface area contributed by atoms with E-state index in [2.05, 4.69) is 32.2 Å². The number of carbonyl (C=O) groups is 1. The molecule has 114 valence electrons. The lowest BCUT2D eigenvalue weighted by atomic mass is 9.84. The summed E-state index contributed by atoms with van der Waals surface area (Å²) in [4.78, 5) is 13.8. The number of fused-ring (bicyclic) bond motifs is 1. The van der Waals surface area contributed by atoms with Crippen molar-refractivity contribution in [1.29, 1.82) is 0 Å². The molecule has 0 aliphatic carbocycles. The zero-order valence-corrected chi connectivity index (χ0v) is 13.8. The molecule has 3 unspecified atom stereocenters. The van der Waals surface area contributed by atoms with E-state index in [-0.39, 0.29) is 5.91 Å². The van der Waals surface area contributed by atoms with Crippen LogP contribution in [-0.4, -0.2) is 30.1 Å². The van der Waals surface area contributed by atoms with Crippen LogP contribution in [0.25, 0.3) is 0 Å². The molecule has 2 aliphatic heterocycles. The molecule has 2 aliphatic rings. The lowest BCUT2D eigenvalue weighted by molar-refractivity contribution is -0.124. The van der Waals surface area contributed by atoms with E-state index in [0.29, 0.717) is 18.4 Å². The molecule has 1 aromatic rings. The lowest BCUT2D eigenvalue weighted by Gasteiger charge is -2.43. The average Bonchev–Trinajstić information content (AvgIpc) is 2.46. The van der Waals surface area contributed by atoms with Gasteiger partial charge in [0.2, 0.25) is 5.91 Å². The highest BCUT2D eigenvalue weighted by Gasteiger charge is 2.34. The third-order valence-electron chi connectivity index (χ3n) is 4.61. The minimum absolute atomic E-state index is 0.192. The molecule has 0 spiro atoms. The molecule has 3 atom stereocenters. The zero-order valence-electron chi connectivity index (χ0n) is 12.2. The second-order valence-corrected chi connectivity index (χ2v) is 7.00. The summed E-state index contributed by atoms with van der Waals surface area (Å²) < 4.78 is 1.03. The predicted molar refractivity (Wildman–Crippen MR) is 86.3 cm³/mol. The highest BCUT2D eigenvalue weighted by atomic mass is 79.9. The fourth-order valence-corrected chi connectivity index (χ4v) is 3.82. The van der Waals surface area contributed by atoms with E-state index in [4.69, 9.17) is 0 Å². The van der Waals surface area contributed by atoms with Crippen molar-refractivity contribution in [1.82, 2.24) is 5.32 Å². The maximum absolute atomic E-state index is 11.5. The first-order valence-electron chi connectivity index (χ1n) is 7.56. The summed E-state index contributed by atoms with van der Waals surface area (Å²) in [6.07, 6.45) is 2.10. The summed E-state index contributed by atoms with van der Waals surface area (Å²) >= 11 is 3.52. The Kier molecular flexibility index (Phi) is 4.22. The number of hydrogen-bond acceptors (Lipinski definition) is 3.